The highest BCUT2D eigenvalue weighted by molar-refractivity contribution is 5.96. The first-order valence-corrected chi connectivity index (χ1v) is 6.74. The van der Waals surface area contributed by atoms with Crippen molar-refractivity contribution < 1.29 is 14.3 Å². The highest BCUT2D eigenvalue weighted by atomic mass is 16.5. The molecule has 21 heavy (non-hydrogen) atoms. The van der Waals surface area contributed by atoms with E-state index in [9.17, 15) is 9.59 Å². The molecule has 0 atom stereocenters. The van der Waals surface area contributed by atoms with Crippen LogP contribution in [0.15, 0.2) is 54.6 Å². The molecule has 4 nitrogen and oxygen atoms in total. The van der Waals surface area contributed by atoms with E-state index in [1.807, 2.05) is 18.2 Å². The van der Waals surface area contributed by atoms with Crippen LogP contribution in [-0.2, 0) is 4.79 Å². The van der Waals surface area contributed by atoms with Gasteiger partial charge >= 0.3 is 0 Å². The van der Waals surface area contributed by atoms with Gasteiger partial charge in [0.1, 0.15) is 5.75 Å². The van der Waals surface area contributed by atoms with Gasteiger partial charge in [0.05, 0.1) is 6.61 Å². The lowest BCUT2D eigenvalue weighted by molar-refractivity contribution is -0.114. The maximum Gasteiger partial charge on any atom is 0.221 e. The average molecular weight is 283 g/mol. The number of ether oxygens (including phenoxy) is 1. The lowest BCUT2D eigenvalue weighted by Crippen LogP contribution is -2.08. The van der Waals surface area contributed by atoms with Crippen LogP contribution in [0.2, 0.25) is 0 Å². The maximum atomic E-state index is 11.9. The number of rotatable bonds is 6. The van der Waals surface area contributed by atoms with E-state index in [1.165, 1.54) is 6.92 Å². The van der Waals surface area contributed by atoms with Gasteiger partial charge < -0.3 is 10.1 Å². The van der Waals surface area contributed by atoms with Crippen LogP contribution < -0.4 is 10.1 Å². The van der Waals surface area contributed by atoms with E-state index in [4.69, 9.17) is 4.74 Å². The minimum Gasteiger partial charge on any atom is -0.493 e. The number of nitrogens with one attached hydrogen (secondary N) is 1. The fourth-order valence-corrected chi connectivity index (χ4v) is 1.90. The number of carbonyl (C=O) groups excluding carboxylic acids is 2. The molecule has 0 aliphatic carbocycles. The fraction of sp³-hybridized carbons (Fsp3) is 0.176. The summed E-state index contributed by atoms with van der Waals surface area (Å²) >= 11 is 0. The predicted octanol–water partition coefficient (Wildman–Crippen LogP) is 3.30. The van der Waals surface area contributed by atoms with E-state index in [-0.39, 0.29) is 11.7 Å². The van der Waals surface area contributed by atoms with Crippen LogP contribution in [0.1, 0.15) is 23.7 Å². The zero-order valence-corrected chi connectivity index (χ0v) is 11.8. The Morgan fingerprint density at radius 1 is 1.05 bits per heavy atom. The second-order valence-electron chi connectivity index (χ2n) is 4.60. The first-order valence-electron chi connectivity index (χ1n) is 6.74. The van der Waals surface area contributed by atoms with Gasteiger partial charge in [-0.2, -0.15) is 0 Å². The molecule has 0 radical (unpaired) electrons. The molecule has 0 unspecified atom stereocenters. The van der Waals surface area contributed by atoms with Crippen LogP contribution in [0.3, 0.4) is 0 Å². The van der Waals surface area contributed by atoms with E-state index in [2.05, 4.69) is 5.32 Å². The molecule has 4 heteroatoms. The zero-order valence-electron chi connectivity index (χ0n) is 11.8. The van der Waals surface area contributed by atoms with Crippen molar-refractivity contribution in [3.63, 3.8) is 0 Å². The molecule has 0 saturated heterocycles. The molecule has 1 amide bonds. The van der Waals surface area contributed by atoms with Crippen molar-refractivity contribution >= 4 is 17.4 Å². The van der Waals surface area contributed by atoms with E-state index >= 15 is 0 Å². The number of benzene rings is 2. The second kappa shape index (κ2) is 7.24. The molecule has 2 rings (SSSR count). The van der Waals surface area contributed by atoms with Gasteiger partial charge in [0.2, 0.25) is 5.91 Å². The van der Waals surface area contributed by atoms with Gasteiger partial charge in [-0.1, -0.05) is 36.4 Å². The number of hydrogen-bond acceptors (Lipinski definition) is 3. The molecular weight excluding hydrogens is 266 g/mol. The topological polar surface area (TPSA) is 55.4 Å². The third-order valence-corrected chi connectivity index (χ3v) is 2.85. The summed E-state index contributed by atoms with van der Waals surface area (Å²) in [5.41, 5.74) is 1.36. The first kappa shape index (κ1) is 14.8. The molecule has 0 spiro atoms. The summed E-state index contributed by atoms with van der Waals surface area (Å²) < 4.78 is 5.55. The van der Waals surface area contributed by atoms with E-state index in [0.717, 1.165) is 0 Å². The van der Waals surface area contributed by atoms with Crippen molar-refractivity contribution in [2.24, 2.45) is 0 Å². The van der Waals surface area contributed by atoms with E-state index in [0.29, 0.717) is 30.0 Å². The molecule has 2 aromatic carbocycles. The van der Waals surface area contributed by atoms with Crippen LogP contribution in [-0.4, -0.2) is 18.3 Å². The summed E-state index contributed by atoms with van der Waals surface area (Å²) in [6.07, 6.45) is 0.314. The van der Waals surface area contributed by atoms with Crippen molar-refractivity contribution in [1.82, 2.24) is 0 Å². The lowest BCUT2D eigenvalue weighted by Gasteiger charge is -2.08. The van der Waals surface area contributed by atoms with Crippen LogP contribution in [0.25, 0.3) is 0 Å². The third kappa shape index (κ3) is 4.76. The fourth-order valence-electron chi connectivity index (χ4n) is 1.90. The number of anilines is 1. The number of hydrogen-bond donors (Lipinski definition) is 1. The standard InChI is InChI=1S/C17H17NO3/c1-13(19)18-15-8-5-9-16(12-15)21-11-10-17(20)14-6-3-2-4-7-14/h2-9,12H,10-11H2,1H3,(H,18,19). The third-order valence-electron chi connectivity index (χ3n) is 2.85. The van der Waals surface area contributed by atoms with Crippen LogP contribution >= 0.6 is 0 Å². The first-order chi connectivity index (χ1) is 10.1. The van der Waals surface area contributed by atoms with Gasteiger partial charge in [-0.15, -0.1) is 0 Å². The van der Waals surface area contributed by atoms with E-state index < -0.39 is 0 Å². The molecule has 0 saturated carbocycles. The van der Waals surface area contributed by atoms with Crippen molar-refractivity contribution in [1.29, 1.82) is 0 Å². The smallest absolute Gasteiger partial charge is 0.221 e. The molecular formula is C17H17NO3. The summed E-state index contributed by atoms with van der Waals surface area (Å²) in [5, 5.41) is 2.68. The Balaban J connectivity index is 1.86. The summed E-state index contributed by atoms with van der Waals surface area (Å²) in [4.78, 5) is 22.9. The zero-order chi connectivity index (χ0) is 15.1. The molecule has 0 aliphatic rings. The monoisotopic (exact) mass is 283 g/mol. The second-order valence-corrected chi connectivity index (χ2v) is 4.60. The van der Waals surface area contributed by atoms with Crippen molar-refractivity contribution in [2.45, 2.75) is 13.3 Å². The Bertz CT molecular complexity index is 623. The Morgan fingerprint density at radius 3 is 2.52 bits per heavy atom. The van der Waals surface area contributed by atoms with Crippen molar-refractivity contribution in [2.75, 3.05) is 11.9 Å². The summed E-state index contributed by atoms with van der Waals surface area (Å²) in [6.45, 7) is 1.75. The molecule has 0 aliphatic heterocycles. The molecule has 2 aromatic rings. The quantitative estimate of drug-likeness (QED) is 0.828. The molecule has 0 aromatic heterocycles. The number of amides is 1. The normalized spacial score (nSPS) is 9.95. The van der Waals surface area contributed by atoms with Gasteiger partial charge in [-0.3, -0.25) is 9.59 Å². The van der Waals surface area contributed by atoms with Crippen molar-refractivity contribution in [3.05, 3.63) is 60.2 Å². The van der Waals surface area contributed by atoms with Crippen molar-refractivity contribution in [3.8, 4) is 5.75 Å². The molecule has 1 N–H and O–H groups in total. The minimum atomic E-state index is -0.133. The number of carbonyl (C=O) groups is 2. The number of Topliss-reactive ketones (excluding diaryl/α,β-unsaturated/α-hetero) is 1. The summed E-state index contributed by atoms with van der Waals surface area (Å²) in [7, 11) is 0. The largest absolute Gasteiger partial charge is 0.493 e. The summed E-state index contributed by atoms with van der Waals surface area (Å²) in [6, 6.07) is 16.2. The van der Waals surface area contributed by atoms with E-state index in [1.54, 1.807) is 36.4 Å². The van der Waals surface area contributed by atoms with Crippen LogP contribution in [0.5, 0.6) is 5.75 Å². The Labute approximate surface area is 123 Å². The van der Waals surface area contributed by atoms with Crippen LogP contribution in [0.4, 0.5) is 5.69 Å². The Kier molecular flexibility index (Phi) is 5.10. The summed E-state index contributed by atoms with van der Waals surface area (Å²) in [5.74, 6) is 0.544. The molecule has 0 bridgehead atoms. The minimum absolute atomic E-state index is 0.0496. The highest BCUT2D eigenvalue weighted by Crippen LogP contribution is 2.17. The molecule has 108 valence electrons. The van der Waals surface area contributed by atoms with Gasteiger partial charge in [0.15, 0.2) is 5.78 Å². The van der Waals surface area contributed by atoms with Gasteiger partial charge in [-0.05, 0) is 12.1 Å². The van der Waals surface area contributed by atoms with Crippen LogP contribution in [0, 0.1) is 0 Å². The number of ketones is 1. The Morgan fingerprint density at radius 2 is 1.81 bits per heavy atom. The van der Waals surface area contributed by atoms with Gasteiger partial charge in [0, 0.05) is 30.7 Å². The van der Waals surface area contributed by atoms with Gasteiger partial charge in [-0.25, -0.2) is 0 Å². The molecule has 0 fully saturated rings. The average Bonchev–Trinajstić information content (AvgIpc) is 2.48. The predicted molar refractivity (Wildman–Crippen MR) is 81.6 cm³/mol. The maximum absolute atomic E-state index is 11.9. The highest BCUT2D eigenvalue weighted by Gasteiger charge is 2.05. The SMILES string of the molecule is CC(=O)Nc1cccc(OCCC(=O)c2ccccc2)c1. The van der Waals surface area contributed by atoms with Gasteiger partial charge in [0.25, 0.3) is 0 Å². The molecule has 0 heterocycles. The lowest BCUT2D eigenvalue weighted by atomic mass is 10.1. The Hall–Kier alpha value is -2.62.